The van der Waals surface area contributed by atoms with Crippen molar-refractivity contribution in [1.29, 1.82) is 0 Å². The number of benzene rings is 1. The summed E-state index contributed by atoms with van der Waals surface area (Å²) in [5.41, 5.74) is 6.65. The van der Waals surface area contributed by atoms with Gasteiger partial charge in [0.2, 0.25) is 0 Å². The Hall–Kier alpha value is -1.95. The number of amides is 1. The molecule has 108 valence electrons. The molecule has 2 N–H and O–H groups in total. The highest BCUT2D eigenvalue weighted by Crippen LogP contribution is 2.23. The Labute approximate surface area is 123 Å². The average molecular weight is 293 g/mol. The van der Waals surface area contributed by atoms with E-state index in [2.05, 4.69) is 11.6 Å². The van der Waals surface area contributed by atoms with Crippen LogP contribution in [0.5, 0.6) is 5.75 Å². The van der Waals surface area contributed by atoms with Gasteiger partial charge in [-0.05, 0) is 6.07 Å². The molecule has 0 fully saturated rings. The van der Waals surface area contributed by atoms with E-state index in [0.717, 1.165) is 5.56 Å². The Balaban J connectivity index is 2.70. The molecule has 5 nitrogen and oxygen atoms in total. The first-order valence-electron chi connectivity index (χ1n) is 6.05. The minimum Gasteiger partial charge on any atom is -0.410 e. The van der Waals surface area contributed by atoms with Crippen molar-refractivity contribution >= 4 is 23.0 Å². The molecule has 1 aromatic rings. The van der Waals surface area contributed by atoms with Crippen LogP contribution in [0.15, 0.2) is 41.9 Å². The summed E-state index contributed by atoms with van der Waals surface area (Å²) < 4.78 is 5.30. The van der Waals surface area contributed by atoms with E-state index in [0.29, 0.717) is 23.2 Å². The maximum Gasteiger partial charge on any atom is 0.414 e. The van der Waals surface area contributed by atoms with E-state index in [-0.39, 0.29) is 0 Å². The first-order valence-corrected chi connectivity index (χ1v) is 7.03. The topological polar surface area (TPSA) is 67.9 Å². The highest BCUT2D eigenvalue weighted by molar-refractivity contribution is 8.13. The number of ether oxygens (including phenoxy) is 1. The lowest BCUT2D eigenvalue weighted by Gasteiger charge is -2.13. The molecule has 1 rings (SSSR count). The first kappa shape index (κ1) is 16.1. The van der Waals surface area contributed by atoms with Crippen LogP contribution in [0.25, 0.3) is 0 Å². The van der Waals surface area contributed by atoms with Crippen molar-refractivity contribution in [3.63, 3.8) is 0 Å². The molecule has 0 spiro atoms. The SMILES string of the molecule is C=CCN=C(N)SCc1ccccc1OC(=O)N(C)C. The van der Waals surface area contributed by atoms with Crippen LogP contribution in [0.4, 0.5) is 4.79 Å². The van der Waals surface area contributed by atoms with E-state index in [1.165, 1.54) is 16.7 Å². The number of para-hydroxylation sites is 1. The summed E-state index contributed by atoms with van der Waals surface area (Å²) in [7, 11) is 3.28. The standard InChI is InChI=1S/C14H19N3O2S/c1-4-9-16-13(15)20-10-11-7-5-6-8-12(11)19-14(18)17(2)3/h4-8H,1,9-10H2,2-3H3,(H2,15,16). The lowest BCUT2D eigenvalue weighted by molar-refractivity contribution is 0.171. The van der Waals surface area contributed by atoms with Crippen molar-refractivity contribution < 1.29 is 9.53 Å². The molecule has 6 heteroatoms. The largest absolute Gasteiger partial charge is 0.414 e. The second-order valence-electron chi connectivity index (χ2n) is 4.13. The summed E-state index contributed by atoms with van der Waals surface area (Å²) in [6, 6.07) is 7.36. The summed E-state index contributed by atoms with van der Waals surface area (Å²) in [6.45, 7) is 4.08. The van der Waals surface area contributed by atoms with Gasteiger partial charge in [0.15, 0.2) is 5.17 Å². The summed E-state index contributed by atoms with van der Waals surface area (Å²) in [4.78, 5) is 17.1. The number of aliphatic imine (C=N–C) groups is 1. The molecule has 0 aliphatic carbocycles. The molecule has 0 saturated heterocycles. The summed E-state index contributed by atoms with van der Waals surface area (Å²) in [5, 5.41) is 0.485. The van der Waals surface area contributed by atoms with E-state index >= 15 is 0 Å². The Kier molecular flexibility index (Phi) is 6.66. The summed E-state index contributed by atoms with van der Waals surface area (Å²) in [5.74, 6) is 1.12. The van der Waals surface area contributed by atoms with Crippen molar-refractivity contribution in [2.24, 2.45) is 10.7 Å². The van der Waals surface area contributed by atoms with Gasteiger partial charge in [-0.3, -0.25) is 4.99 Å². The molecule has 1 aromatic carbocycles. The van der Waals surface area contributed by atoms with Crippen molar-refractivity contribution in [2.75, 3.05) is 20.6 Å². The maximum atomic E-state index is 11.6. The average Bonchev–Trinajstić information content (AvgIpc) is 2.44. The number of rotatable bonds is 5. The Bertz CT molecular complexity index is 501. The third kappa shape index (κ3) is 5.36. The molecule has 0 unspecified atom stereocenters. The molecule has 0 aliphatic heterocycles. The van der Waals surface area contributed by atoms with Gasteiger partial charge in [0.1, 0.15) is 5.75 Å². The molecule has 0 atom stereocenters. The van der Waals surface area contributed by atoms with E-state index < -0.39 is 6.09 Å². The number of hydrogen-bond donors (Lipinski definition) is 1. The number of carbonyl (C=O) groups is 1. The first-order chi connectivity index (χ1) is 9.54. The second kappa shape index (κ2) is 8.27. The van der Waals surface area contributed by atoms with E-state index in [4.69, 9.17) is 10.5 Å². The zero-order valence-corrected chi connectivity index (χ0v) is 12.5. The summed E-state index contributed by atoms with van der Waals surface area (Å²) >= 11 is 1.39. The molecule has 0 radical (unpaired) electrons. The van der Waals surface area contributed by atoms with Gasteiger partial charge in [-0.1, -0.05) is 36.0 Å². The van der Waals surface area contributed by atoms with Crippen molar-refractivity contribution in [1.82, 2.24) is 4.90 Å². The van der Waals surface area contributed by atoms with Gasteiger partial charge in [0.05, 0.1) is 6.54 Å². The monoisotopic (exact) mass is 293 g/mol. The van der Waals surface area contributed by atoms with Crippen LogP contribution in [0, 0.1) is 0 Å². The molecule has 0 bridgehead atoms. The molecule has 20 heavy (non-hydrogen) atoms. The third-order valence-electron chi connectivity index (χ3n) is 2.29. The van der Waals surface area contributed by atoms with Gasteiger partial charge in [-0.15, -0.1) is 6.58 Å². The number of thioether (sulfide) groups is 1. The quantitative estimate of drug-likeness (QED) is 0.514. The zero-order chi connectivity index (χ0) is 15.0. The Morgan fingerprint density at radius 3 is 2.85 bits per heavy atom. The molecule has 0 aromatic heterocycles. The number of hydrogen-bond acceptors (Lipinski definition) is 4. The lowest BCUT2D eigenvalue weighted by atomic mass is 10.2. The van der Waals surface area contributed by atoms with Gasteiger partial charge in [-0.25, -0.2) is 4.79 Å². The van der Waals surface area contributed by atoms with E-state index in [1.807, 2.05) is 18.2 Å². The predicted octanol–water partition coefficient (Wildman–Crippen LogP) is 2.48. The molecule has 0 aliphatic rings. The zero-order valence-electron chi connectivity index (χ0n) is 11.7. The highest BCUT2D eigenvalue weighted by Gasteiger charge is 2.10. The molecule has 1 amide bonds. The Morgan fingerprint density at radius 2 is 2.20 bits per heavy atom. The van der Waals surface area contributed by atoms with Crippen LogP contribution < -0.4 is 10.5 Å². The van der Waals surface area contributed by atoms with Crippen LogP contribution in [0.1, 0.15) is 5.56 Å². The van der Waals surface area contributed by atoms with Gasteiger partial charge in [-0.2, -0.15) is 0 Å². The third-order valence-corrected chi connectivity index (χ3v) is 3.17. The molecular formula is C14H19N3O2S. The van der Waals surface area contributed by atoms with Crippen LogP contribution in [-0.2, 0) is 5.75 Å². The smallest absolute Gasteiger partial charge is 0.410 e. The second-order valence-corrected chi connectivity index (χ2v) is 5.12. The van der Waals surface area contributed by atoms with Crippen LogP contribution in [0.2, 0.25) is 0 Å². The Morgan fingerprint density at radius 1 is 1.50 bits per heavy atom. The fourth-order valence-corrected chi connectivity index (χ4v) is 1.97. The number of carbonyl (C=O) groups excluding carboxylic acids is 1. The number of amidine groups is 1. The van der Waals surface area contributed by atoms with Gasteiger partial charge >= 0.3 is 6.09 Å². The maximum absolute atomic E-state index is 11.6. The number of nitrogens with zero attached hydrogens (tertiary/aromatic N) is 2. The van der Waals surface area contributed by atoms with Gasteiger partial charge < -0.3 is 15.4 Å². The lowest BCUT2D eigenvalue weighted by Crippen LogP contribution is -2.25. The van der Waals surface area contributed by atoms with E-state index in [9.17, 15) is 4.79 Å². The van der Waals surface area contributed by atoms with Crippen molar-refractivity contribution in [3.05, 3.63) is 42.5 Å². The fourth-order valence-electron chi connectivity index (χ4n) is 1.26. The van der Waals surface area contributed by atoms with Crippen LogP contribution in [0.3, 0.4) is 0 Å². The van der Waals surface area contributed by atoms with E-state index in [1.54, 1.807) is 26.2 Å². The summed E-state index contributed by atoms with van der Waals surface area (Å²) in [6.07, 6.45) is 1.27. The van der Waals surface area contributed by atoms with Crippen molar-refractivity contribution in [2.45, 2.75) is 5.75 Å². The fraction of sp³-hybridized carbons (Fsp3) is 0.286. The minimum atomic E-state index is -0.407. The molecular weight excluding hydrogens is 274 g/mol. The normalized spacial score (nSPS) is 11.0. The van der Waals surface area contributed by atoms with Gasteiger partial charge in [0.25, 0.3) is 0 Å². The predicted molar refractivity (Wildman–Crippen MR) is 84.1 cm³/mol. The number of nitrogens with two attached hydrogens (primary N) is 1. The van der Waals surface area contributed by atoms with Gasteiger partial charge in [0, 0.05) is 25.4 Å². The molecule has 0 heterocycles. The van der Waals surface area contributed by atoms with Crippen LogP contribution >= 0.6 is 11.8 Å². The van der Waals surface area contributed by atoms with Crippen molar-refractivity contribution in [3.8, 4) is 5.75 Å². The molecule has 0 saturated carbocycles. The van der Waals surface area contributed by atoms with Crippen LogP contribution in [-0.4, -0.2) is 36.8 Å². The highest BCUT2D eigenvalue weighted by atomic mass is 32.2. The minimum absolute atomic E-state index is 0.407.